The van der Waals surface area contributed by atoms with Gasteiger partial charge in [0.25, 0.3) is 5.91 Å². The van der Waals surface area contributed by atoms with Gasteiger partial charge in [-0.25, -0.2) is 15.0 Å². The molecule has 57 heavy (non-hydrogen) atoms. The van der Waals surface area contributed by atoms with Crippen molar-refractivity contribution in [2.24, 2.45) is 10.9 Å². The number of pyridine rings is 1. The molecule has 2 fully saturated rings. The lowest BCUT2D eigenvalue weighted by molar-refractivity contribution is -0.188. The summed E-state index contributed by atoms with van der Waals surface area (Å²) in [6.45, 7) is 7.23. The monoisotopic (exact) mass is 773 g/mol. The smallest absolute Gasteiger partial charge is 0.250 e. The van der Waals surface area contributed by atoms with Gasteiger partial charge in [0.1, 0.15) is 17.7 Å². The van der Waals surface area contributed by atoms with E-state index in [1.807, 2.05) is 34.3 Å². The minimum Gasteiger partial charge on any atom is -0.379 e. The van der Waals surface area contributed by atoms with Crippen molar-refractivity contribution in [3.05, 3.63) is 97.1 Å². The molecule has 0 unspecified atom stereocenters. The van der Waals surface area contributed by atoms with Crippen molar-refractivity contribution in [1.29, 1.82) is 0 Å². The summed E-state index contributed by atoms with van der Waals surface area (Å²) < 4.78 is 5.45. The molecule has 2 aliphatic rings. The molecule has 0 spiro atoms. The average molecular weight is 774 g/mol. The highest BCUT2D eigenvalue weighted by atomic mass is 17.2. The molecule has 14 heteroatoms. The molecular formula is C43H51N9O5. The molecule has 2 aromatic carbocycles. The predicted molar refractivity (Wildman–Crippen MR) is 218 cm³/mol. The van der Waals surface area contributed by atoms with Gasteiger partial charge in [-0.05, 0) is 72.9 Å². The highest BCUT2D eigenvalue weighted by molar-refractivity contribution is 5.86. The number of aromatic nitrogens is 5. The topological polar surface area (TPSA) is 163 Å². The second kappa shape index (κ2) is 17.9. The second-order valence-corrected chi connectivity index (χ2v) is 14.9. The molecule has 0 aliphatic carbocycles. The summed E-state index contributed by atoms with van der Waals surface area (Å²) in [5.74, 6) is 1.57. The van der Waals surface area contributed by atoms with Crippen LogP contribution < -0.4 is 5.32 Å². The standard InChI is InChI=1S/C43H51N9O5/c1-27(2)38(48-33-9-6-20-44-23-33)42(53)51-21-7-10-36(51)40-45-24-34(49-40)31-16-12-29(13-17-31)30-14-18-32(19-15-30)35-25-46-41(50-35)37-11-8-22-52(37)43(54)39(28(3)55-4)47-26-57-56-5/h6,9,12-20,23-28,36-39,48H,7-8,10-11,21-22H2,1-5H3,(H,45,49)(H,46,50)/t28-,36+,37+,38+,39+/m1/s1. The Bertz CT molecular complexity index is 2120. The number of hydrogen-bond acceptors (Lipinski definition) is 10. The molecule has 0 bridgehead atoms. The normalized spacial score (nSPS) is 18.6. The van der Waals surface area contributed by atoms with Crippen molar-refractivity contribution in [2.45, 2.75) is 76.7 Å². The minimum absolute atomic E-state index is 0.0765. The van der Waals surface area contributed by atoms with E-state index in [0.717, 1.165) is 83.1 Å². The molecule has 5 heterocycles. The van der Waals surface area contributed by atoms with Crippen LogP contribution in [0.3, 0.4) is 0 Å². The maximum atomic E-state index is 13.9. The molecule has 5 aromatic rings. The molecule has 3 N–H and O–H groups in total. The number of carbonyl (C=O) groups excluding carboxylic acids is 2. The number of hydrogen-bond donors (Lipinski definition) is 3. The maximum Gasteiger partial charge on any atom is 0.250 e. The number of nitrogens with zero attached hydrogens (tertiary/aromatic N) is 6. The van der Waals surface area contributed by atoms with Gasteiger partial charge in [0.05, 0.1) is 54.8 Å². The van der Waals surface area contributed by atoms with Crippen LogP contribution in [0.25, 0.3) is 33.6 Å². The summed E-state index contributed by atoms with van der Waals surface area (Å²) in [5, 5.41) is 3.40. The van der Waals surface area contributed by atoms with E-state index in [1.54, 1.807) is 26.4 Å². The third kappa shape index (κ3) is 8.76. The number of aliphatic imine (C=N–C) groups is 1. The third-order valence-electron chi connectivity index (χ3n) is 11.0. The van der Waals surface area contributed by atoms with Crippen molar-refractivity contribution in [3.63, 3.8) is 0 Å². The number of benzene rings is 2. The number of H-pyrrole nitrogens is 2. The largest absolute Gasteiger partial charge is 0.379 e. The van der Waals surface area contributed by atoms with Gasteiger partial charge >= 0.3 is 0 Å². The minimum atomic E-state index is -0.775. The van der Waals surface area contributed by atoms with Crippen LogP contribution in [0.15, 0.2) is 90.4 Å². The van der Waals surface area contributed by atoms with Crippen LogP contribution in [-0.4, -0.2) is 98.4 Å². The second-order valence-electron chi connectivity index (χ2n) is 14.9. The van der Waals surface area contributed by atoms with E-state index in [0.29, 0.717) is 13.1 Å². The number of aromatic amines is 2. The van der Waals surface area contributed by atoms with E-state index in [2.05, 4.69) is 92.5 Å². The van der Waals surface area contributed by atoms with Crippen molar-refractivity contribution in [3.8, 4) is 33.6 Å². The molecule has 5 atom stereocenters. The number of nitrogens with one attached hydrogen (secondary N) is 3. The van der Waals surface area contributed by atoms with Crippen molar-refractivity contribution < 1.29 is 24.1 Å². The summed E-state index contributed by atoms with van der Waals surface area (Å²) >= 11 is 0. The molecule has 2 saturated heterocycles. The lowest BCUT2D eigenvalue weighted by Crippen LogP contribution is -2.45. The predicted octanol–water partition coefficient (Wildman–Crippen LogP) is 7.00. The zero-order chi connectivity index (χ0) is 39.9. The SMILES string of the molecule is COOC=N[C@H](C(=O)N1CCC[C@H]1c1ncc(-c2ccc(-c3ccc(-c4cnc([C@@H]5CCCN5C(=O)[C@@H](Nc5cccnc5)C(C)C)[nH]4)cc3)cc2)[nH]1)[C@@H](C)OC. The lowest BCUT2D eigenvalue weighted by atomic mass is 10.0. The summed E-state index contributed by atoms with van der Waals surface area (Å²) in [5.41, 5.74) is 6.80. The fourth-order valence-electron chi connectivity index (χ4n) is 7.76. The van der Waals surface area contributed by atoms with Gasteiger partial charge in [0.15, 0.2) is 6.04 Å². The Balaban J connectivity index is 0.996. The van der Waals surface area contributed by atoms with Crippen LogP contribution in [0, 0.1) is 5.92 Å². The van der Waals surface area contributed by atoms with Gasteiger partial charge in [-0.3, -0.25) is 14.6 Å². The Morgan fingerprint density at radius 1 is 0.789 bits per heavy atom. The fraction of sp³-hybridized carbons (Fsp3) is 0.395. The van der Waals surface area contributed by atoms with Crippen molar-refractivity contribution in [2.75, 3.05) is 32.6 Å². The Kier molecular flexibility index (Phi) is 12.4. The average Bonchev–Trinajstić information content (AvgIpc) is 4.08. The number of imidazole rings is 2. The van der Waals surface area contributed by atoms with E-state index in [4.69, 9.17) is 19.6 Å². The Morgan fingerprint density at radius 2 is 1.33 bits per heavy atom. The van der Waals surface area contributed by atoms with Gasteiger partial charge in [0, 0.05) is 32.6 Å². The van der Waals surface area contributed by atoms with E-state index in [1.165, 1.54) is 7.11 Å². The highest BCUT2D eigenvalue weighted by Crippen LogP contribution is 2.35. The Labute approximate surface area is 333 Å². The van der Waals surface area contributed by atoms with Gasteiger partial charge in [0.2, 0.25) is 12.3 Å². The highest BCUT2D eigenvalue weighted by Gasteiger charge is 2.38. The first-order valence-corrected chi connectivity index (χ1v) is 19.6. The maximum absolute atomic E-state index is 13.9. The first-order chi connectivity index (χ1) is 27.7. The first kappa shape index (κ1) is 39.4. The van der Waals surface area contributed by atoms with Gasteiger partial charge in [-0.1, -0.05) is 62.4 Å². The lowest BCUT2D eigenvalue weighted by Gasteiger charge is -2.30. The van der Waals surface area contributed by atoms with Gasteiger partial charge in [-0.15, -0.1) is 0 Å². The van der Waals surface area contributed by atoms with Crippen LogP contribution in [0.2, 0.25) is 0 Å². The van der Waals surface area contributed by atoms with Gasteiger partial charge in [-0.2, -0.15) is 4.89 Å². The summed E-state index contributed by atoms with van der Waals surface area (Å²) in [6, 6.07) is 19.1. The molecular weight excluding hydrogens is 723 g/mol. The molecule has 14 nitrogen and oxygen atoms in total. The number of amides is 2. The quantitative estimate of drug-likeness (QED) is 0.0440. The van der Waals surface area contributed by atoms with E-state index < -0.39 is 12.1 Å². The fourth-order valence-corrected chi connectivity index (χ4v) is 7.76. The Morgan fingerprint density at radius 3 is 1.82 bits per heavy atom. The number of carbonyl (C=O) groups is 2. The number of methoxy groups -OCH3 is 1. The number of anilines is 1. The van der Waals surface area contributed by atoms with Crippen LogP contribution in [0.4, 0.5) is 5.69 Å². The molecule has 0 saturated carbocycles. The summed E-state index contributed by atoms with van der Waals surface area (Å²) in [6.07, 6.45) is 11.3. The number of likely N-dealkylation sites (tertiary alicyclic amines) is 2. The van der Waals surface area contributed by atoms with Crippen LogP contribution in [0.5, 0.6) is 0 Å². The summed E-state index contributed by atoms with van der Waals surface area (Å²) in [7, 11) is 2.93. The van der Waals surface area contributed by atoms with E-state index >= 15 is 0 Å². The number of ether oxygens (including phenoxy) is 1. The zero-order valence-electron chi connectivity index (χ0n) is 33.1. The Hall–Kier alpha value is -5.86. The van der Waals surface area contributed by atoms with Crippen LogP contribution in [-0.2, 0) is 24.1 Å². The molecule has 3 aromatic heterocycles. The van der Waals surface area contributed by atoms with Gasteiger partial charge < -0.3 is 34.7 Å². The molecule has 298 valence electrons. The van der Waals surface area contributed by atoms with E-state index in [9.17, 15) is 9.59 Å². The third-order valence-corrected chi connectivity index (χ3v) is 11.0. The summed E-state index contributed by atoms with van der Waals surface area (Å²) in [4.78, 5) is 65.6. The van der Waals surface area contributed by atoms with Crippen LogP contribution >= 0.6 is 0 Å². The number of rotatable bonds is 15. The molecule has 0 radical (unpaired) electrons. The van der Waals surface area contributed by atoms with Crippen molar-refractivity contribution >= 4 is 23.9 Å². The zero-order valence-corrected chi connectivity index (χ0v) is 33.1. The van der Waals surface area contributed by atoms with E-state index in [-0.39, 0.29) is 35.9 Å². The molecule has 2 amide bonds. The molecule has 7 rings (SSSR count). The molecule has 2 aliphatic heterocycles. The van der Waals surface area contributed by atoms with Crippen LogP contribution in [0.1, 0.15) is 70.2 Å². The first-order valence-electron chi connectivity index (χ1n) is 19.6. The van der Waals surface area contributed by atoms with Crippen molar-refractivity contribution in [1.82, 2.24) is 34.7 Å².